The van der Waals surface area contributed by atoms with E-state index in [1.165, 1.54) is 0 Å². The summed E-state index contributed by atoms with van der Waals surface area (Å²) in [6, 6.07) is 3.60. The van der Waals surface area contributed by atoms with Crippen molar-refractivity contribution >= 4 is 21.7 Å². The molecule has 1 aromatic heterocycles. The molecule has 0 unspecified atom stereocenters. The fourth-order valence-electron chi connectivity index (χ4n) is 0.831. The third kappa shape index (κ3) is 2.67. The van der Waals surface area contributed by atoms with Crippen LogP contribution in [0.1, 0.15) is 5.56 Å². The minimum absolute atomic E-state index is 0.170. The van der Waals surface area contributed by atoms with Crippen LogP contribution in [0.2, 0.25) is 0 Å². The van der Waals surface area contributed by atoms with Crippen LogP contribution in [-0.2, 0) is 0 Å². The summed E-state index contributed by atoms with van der Waals surface area (Å²) in [6.45, 7) is -0.314. The van der Waals surface area contributed by atoms with Crippen LogP contribution in [0.25, 0.3) is 0 Å². The molecule has 0 aliphatic carbocycles. The van der Waals surface area contributed by atoms with E-state index < -0.39 is 6.67 Å². The largest absolute Gasteiger partial charge is 0.366 e. The molecule has 68 valence electrons. The minimum Gasteiger partial charge on any atom is -0.366 e. The van der Waals surface area contributed by atoms with Crippen LogP contribution in [0.4, 0.5) is 10.2 Å². The summed E-state index contributed by atoms with van der Waals surface area (Å²) < 4.78 is 12.5. The van der Waals surface area contributed by atoms with Gasteiger partial charge in [0.05, 0.1) is 5.56 Å². The van der Waals surface area contributed by atoms with Crippen LogP contribution in [0.5, 0.6) is 0 Å². The molecule has 3 nitrogen and oxygen atoms in total. The van der Waals surface area contributed by atoms with Gasteiger partial charge in [0, 0.05) is 17.2 Å². The Morgan fingerprint density at radius 2 is 2.46 bits per heavy atom. The van der Waals surface area contributed by atoms with Gasteiger partial charge in [-0.25, -0.2) is 9.37 Å². The SMILES string of the molecule is N#Cc1cc(Br)cnc1NCCF. The lowest BCUT2D eigenvalue weighted by atomic mass is 10.3. The van der Waals surface area contributed by atoms with Crippen molar-refractivity contribution in [2.45, 2.75) is 0 Å². The molecule has 0 spiro atoms. The van der Waals surface area contributed by atoms with Crippen LogP contribution in [0, 0.1) is 11.3 Å². The molecule has 0 radical (unpaired) electrons. The van der Waals surface area contributed by atoms with Gasteiger partial charge in [-0.05, 0) is 22.0 Å². The predicted molar refractivity (Wildman–Crippen MR) is 51.1 cm³/mol. The maximum Gasteiger partial charge on any atom is 0.144 e. The molecule has 0 bridgehead atoms. The third-order valence-corrected chi connectivity index (χ3v) is 1.80. The highest BCUT2D eigenvalue weighted by Gasteiger charge is 2.02. The Kier molecular flexibility index (Phi) is 3.65. The fraction of sp³-hybridized carbons (Fsp3) is 0.250. The fourth-order valence-corrected chi connectivity index (χ4v) is 1.16. The van der Waals surface area contributed by atoms with E-state index in [1.807, 2.05) is 6.07 Å². The first-order valence-corrected chi connectivity index (χ1v) is 4.42. The van der Waals surface area contributed by atoms with Crippen molar-refractivity contribution < 1.29 is 4.39 Å². The van der Waals surface area contributed by atoms with Crippen molar-refractivity contribution in [2.75, 3.05) is 18.5 Å². The van der Waals surface area contributed by atoms with Gasteiger partial charge in [0.25, 0.3) is 0 Å². The molecular weight excluding hydrogens is 237 g/mol. The number of rotatable bonds is 3. The number of aromatic nitrogens is 1. The normalized spacial score (nSPS) is 9.31. The summed E-state index contributed by atoms with van der Waals surface area (Å²) in [7, 11) is 0. The average Bonchev–Trinajstić information content (AvgIpc) is 2.16. The highest BCUT2D eigenvalue weighted by Crippen LogP contribution is 2.16. The average molecular weight is 244 g/mol. The van der Waals surface area contributed by atoms with E-state index in [4.69, 9.17) is 5.26 Å². The number of halogens is 2. The molecule has 0 atom stereocenters. The lowest BCUT2D eigenvalue weighted by Gasteiger charge is -2.04. The molecule has 13 heavy (non-hydrogen) atoms. The first kappa shape index (κ1) is 9.93. The number of hydrogen-bond donors (Lipinski definition) is 1. The second-order valence-corrected chi connectivity index (χ2v) is 3.19. The van der Waals surface area contributed by atoms with E-state index in [0.29, 0.717) is 11.4 Å². The number of anilines is 1. The Morgan fingerprint density at radius 1 is 1.69 bits per heavy atom. The Morgan fingerprint density at radius 3 is 3.08 bits per heavy atom. The molecule has 0 amide bonds. The number of nitriles is 1. The summed E-state index contributed by atoms with van der Waals surface area (Å²) >= 11 is 3.19. The lowest BCUT2D eigenvalue weighted by molar-refractivity contribution is 0.512. The molecule has 1 aromatic rings. The standard InChI is InChI=1S/C8H7BrFN3/c9-7-3-6(4-11)8(13-5-7)12-2-1-10/h3,5H,1-2H2,(H,12,13). The Hall–Kier alpha value is -1.15. The zero-order valence-electron chi connectivity index (χ0n) is 6.72. The van der Waals surface area contributed by atoms with Crippen LogP contribution in [0.3, 0.4) is 0 Å². The quantitative estimate of drug-likeness (QED) is 0.885. The van der Waals surface area contributed by atoms with Crippen molar-refractivity contribution in [1.29, 1.82) is 5.26 Å². The molecule has 1 rings (SSSR count). The summed E-state index contributed by atoms with van der Waals surface area (Å²) in [5.74, 6) is 0.420. The first-order chi connectivity index (χ1) is 6.27. The molecular formula is C8H7BrFN3. The van der Waals surface area contributed by atoms with Crippen molar-refractivity contribution in [1.82, 2.24) is 4.98 Å². The number of hydrogen-bond acceptors (Lipinski definition) is 3. The van der Waals surface area contributed by atoms with E-state index in [-0.39, 0.29) is 6.54 Å². The summed E-state index contributed by atoms with van der Waals surface area (Å²) in [6.07, 6.45) is 1.56. The minimum atomic E-state index is -0.484. The topological polar surface area (TPSA) is 48.7 Å². The monoisotopic (exact) mass is 243 g/mol. The molecule has 0 saturated heterocycles. The summed E-state index contributed by atoms with van der Waals surface area (Å²) in [5, 5.41) is 11.4. The van der Waals surface area contributed by atoms with E-state index in [0.717, 1.165) is 4.47 Å². The zero-order valence-corrected chi connectivity index (χ0v) is 8.31. The Labute approximate surface area is 83.7 Å². The predicted octanol–water partition coefficient (Wildman–Crippen LogP) is 2.10. The highest BCUT2D eigenvalue weighted by atomic mass is 79.9. The van der Waals surface area contributed by atoms with Gasteiger partial charge in [-0.2, -0.15) is 5.26 Å². The molecule has 0 aliphatic rings. The van der Waals surface area contributed by atoms with Gasteiger partial charge >= 0.3 is 0 Å². The van der Waals surface area contributed by atoms with Gasteiger partial charge in [-0.15, -0.1) is 0 Å². The van der Waals surface area contributed by atoms with Gasteiger partial charge in [-0.3, -0.25) is 0 Å². The first-order valence-electron chi connectivity index (χ1n) is 3.63. The van der Waals surface area contributed by atoms with E-state index in [1.54, 1.807) is 12.3 Å². The maximum absolute atomic E-state index is 11.8. The number of nitrogens with one attached hydrogen (secondary N) is 1. The number of pyridine rings is 1. The van der Waals surface area contributed by atoms with Crippen molar-refractivity contribution in [3.63, 3.8) is 0 Å². The van der Waals surface area contributed by atoms with Crippen LogP contribution < -0.4 is 5.32 Å². The van der Waals surface area contributed by atoms with E-state index in [9.17, 15) is 4.39 Å². The number of nitrogens with zero attached hydrogens (tertiary/aromatic N) is 2. The highest BCUT2D eigenvalue weighted by molar-refractivity contribution is 9.10. The smallest absolute Gasteiger partial charge is 0.144 e. The van der Waals surface area contributed by atoms with Gasteiger partial charge in [0.1, 0.15) is 18.6 Å². The van der Waals surface area contributed by atoms with Crippen LogP contribution >= 0.6 is 15.9 Å². The summed E-state index contributed by atoms with van der Waals surface area (Å²) in [5.41, 5.74) is 0.405. The third-order valence-electron chi connectivity index (χ3n) is 1.36. The van der Waals surface area contributed by atoms with E-state index in [2.05, 4.69) is 26.2 Å². The molecule has 5 heteroatoms. The second kappa shape index (κ2) is 4.77. The van der Waals surface area contributed by atoms with Gasteiger partial charge in [0.15, 0.2) is 0 Å². The summed E-state index contributed by atoms with van der Waals surface area (Å²) in [4.78, 5) is 3.94. The molecule has 0 saturated carbocycles. The zero-order chi connectivity index (χ0) is 9.68. The lowest BCUT2D eigenvalue weighted by Crippen LogP contribution is -2.06. The van der Waals surface area contributed by atoms with Crippen LogP contribution in [0.15, 0.2) is 16.7 Å². The van der Waals surface area contributed by atoms with E-state index >= 15 is 0 Å². The Balaban J connectivity index is 2.88. The van der Waals surface area contributed by atoms with Crippen molar-refractivity contribution in [3.05, 3.63) is 22.3 Å². The Bertz CT molecular complexity index is 335. The maximum atomic E-state index is 11.8. The molecule has 0 fully saturated rings. The van der Waals surface area contributed by atoms with Gasteiger partial charge in [0.2, 0.25) is 0 Å². The molecule has 0 aromatic carbocycles. The van der Waals surface area contributed by atoms with Crippen LogP contribution in [-0.4, -0.2) is 18.2 Å². The van der Waals surface area contributed by atoms with Gasteiger partial charge < -0.3 is 5.32 Å². The van der Waals surface area contributed by atoms with Gasteiger partial charge in [-0.1, -0.05) is 0 Å². The molecule has 0 aliphatic heterocycles. The number of alkyl halides is 1. The second-order valence-electron chi connectivity index (χ2n) is 2.28. The van der Waals surface area contributed by atoms with Crippen molar-refractivity contribution in [2.24, 2.45) is 0 Å². The van der Waals surface area contributed by atoms with Crippen molar-refractivity contribution in [3.8, 4) is 6.07 Å². The molecule has 1 heterocycles. The molecule has 1 N–H and O–H groups in total.